The van der Waals surface area contributed by atoms with E-state index in [2.05, 4.69) is 83.4 Å². The van der Waals surface area contributed by atoms with E-state index in [1.165, 1.54) is 46.6 Å². The Balaban J connectivity index is 0.00000392. The van der Waals surface area contributed by atoms with Gasteiger partial charge in [-0.3, -0.25) is 4.76 Å². The molecular formula is C26H40NP. The summed E-state index contributed by atoms with van der Waals surface area (Å²) < 4.78 is 5.21. The molecule has 0 saturated heterocycles. The molecule has 2 heteroatoms. The zero-order valence-corrected chi connectivity index (χ0v) is 18.7. The van der Waals surface area contributed by atoms with Crippen LogP contribution in [0.5, 0.6) is 0 Å². The van der Waals surface area contributed by atoms with Crippen molar-refractivity contribution < 1.29 is 0 Å². The number of allylic oxidation sites excluding steroid dienone is 1. The zero-order valence-electron chi connectivity index (χ0n) is 17.8. The van der Waals surface area contributed by atoms with Gasteiger partial charge in [0.05, 0.1) is 0 Å². The van der Waals surface area contributed by atoms with E-state index in [1.807, 2.05) is 0 Å². The maximum absolute atomic E-state index is 5.21. The van der Waals surface area contributed by atoms with Crippen molar-refractivity contribution in [2.45, 2.75) is 67.2 Å². The van der Waals surface area contributed by atoms with Crippen molar-refractivity contribution in [3.63, 3.8) is 0 Å². The molecule has 0 fully saturated rings. The predicted octanol–water partition coefficient (Wildman–Crippen LogP) is 8.87. The minimum Gasteiger partial charge on any atom is -0.266 e. The van der Waals surface area contributed by atoms with Crippen LogP contribution in [0.25, 0.3) is 10.8 Å². The third kappa shape index (κ3) is 6.85. The lowest BCUT2D eigenvalue weighted by Gasteiger charge is -2.24. The van der Waals surface area contributed by atoms with Crippen molar-refractivity contribution in [1.29, 1.82) is 0 Å². The second-order valence-corrected chi connectivity index (χ2v) is 9.64. The largest absolute Gasteiger partial charge is 0.266 e. The molecule has 0 aliphatic rings. The van der Waals surface area contributed by atoms with Gasteiger partial charge >= 0.3 is 0 Å². The SMILES string of the molecule is C.C=C(C(C)C(C)CC)P(C)/N=C(\CCCC)Cc1ccc2ccccc2c1. The molecule has 2 rings (SSSR count). The summed E-state index contributed by atoms with van der Waals surface area (Å²) in [6.07, 6.45) is 5.68. The number of hydrogen-bond acceptors (Lipinski definition) is 1. The van der Waals surface area contributed by atoms with Gasteiger partial charge in [0.25, 0.3) is 0 Å². The fourth-order valence-corrected chi connectivity index (χ4v) is 4.96. The molecule has 0 heterocycles. The van der Waals surface area contributed by atoms with Gasteiger partial charge in [-0.1, -0.05) is 97.0 Å². The van der Waals surface area contributed by atoms with Gasteiger partial charge in [0.2, 0.25) is 0 Å². The Morgan fingerprint density at radius 3 is 2.39 bits per heavy atom. The van der Waals surface area contributed by atoms with Crippen LogP contribution in [-0.4, -0.2) is 12.4 Å². The minimum absolute atomic E-state index is 0. The van der Waals surface area contributed by atoms with Gasteiger partial charge in [0, 0.05) is 20.2 Å². The van der Waals surface area contributed by atoms with Gasteiger partial charge in [0.15, 0.2) is 0 Å². The molecule has 0 radical (unpaired) electrons. The van der Waals surface area contributed by atoms with Crippen LogP contribution in [0.15, 0.2) is 59.1 Å². The van der Waals surface area contributed by atoms with Gasteiger partial charge in [-0.15, -0.1) is 0 Å². The Labute approximate surface area is 175 Å². The van der Waals surface area contributed by atoms with E-state index in [0.29, 0.717) is 11.8 Å². The average molecular weight is 398 g/mol. The summed E-state index contributed by atoms with van der Waals surface area (Å²) in [4.78, 5) is 0. The Hall–Kier alpha value is -1.46. The van der Waals surface area contributed by atoms with E-state index in [1.54, 1.807) is 0 Å². The van der Waals surface area contributed by atoms with E-state index >= 15 is 0 Å². The maximum atomic E-state index is 5.21. The average Bonchev–Trinajstić information content (AvgIpc) is 2.70. The minimum atomic E-state index is -0.513. The number of unbranched alkanes of at least 4 members (excludes halogenated alkanes) is 1. The summed E-state index contributed by atoms with van der Waals surface area (Å²) in [5.41, 5.74) is 2.71. The molecule has 0 saturated carbocycles. The smallest absolute Gasteiger partial charge is 0.0390 e. The molecule has 3 unspecified atom stereocenters. The fraction of sp³-hybridized carbons (Fsp3) is 0.500. The van der Waals surface area contributed by atoms with Gasteiger partial charge < -0.3 is 0 Å². The highest BCUT2D eigenvalue weighted by Crippen LogP contribution is 2.48. The van der Waals surface area contributed by atoms with E-state index in [9.17, 15) is 0 Å². The summed E-state index contributed by atoms with van der Waals surface area (Å²) in [7, 11) is -0.513. The summed E-state index contributed by atoms with van der Waals surface area (Å²) in [6.45, 7) is 15.9. The van der Waals surface area contributed by atoms with Crippen LogP contribution in [-0.2, 0) is 6.42 Å². The molecule has 1 nitrogen and oxygen atoms in total. The molecule has 154 valence electrons. The van der Waals surface area contributed by atoms with E-state index in [-0.39, 0.29) is 7.43 Å². The second-order valence-electron chi connectivity index (χ2n) is 7.82. The van der Waals surface area contributed by atoms with Gasteiger partial charge in [-0.2, -0.15) is 0 Å². The Morgan fingerprint density at radius 2 is 1.75 bits per heavy atom. The predicted molar refractivity (Wildman–Crippen MR) is 132 cm³/mol. The molecular weight excluding hydrogens is 357 g/mol. The summed E-state index contributed by atoms with van der Waals surface area (Å²) in [5, 5.41) is 3.96. The molecule has 0 aliphatic heterocycles. The normalized spacial score (nSPS) is 15.0. The monoisotopic (exact) mass is 397 g/mol. The van der Waals surface area contributed by atoms with E-state index in [4.69, 9.17) is 4.76 Å². The first-order chi connectivity index (χ1) is 13.0. The van der Waals surface area contributed by atoms with Crippen molar-refractivity contribution in [2.24, 2.45) is 16.6 Å². The molecule has 0 bridgehead atoms. The highest BCUT2D eigenvalue weighted by Gasteiger charge is 2.18. The van der Waals surface area contributed by atoms with Gasteiger partial charge in [0.1, 0.15) is 0 Å². The lowest BCUT2D eigenvalue weighted by atomic mass is 9.94. The van der Waals surface area contributed by atoms with Crippen molar-refractivity contribution in [2.75, 3.05) is 6.66 Å². The molecule has 2 aromatic rings. The summed E-state index contributed by atoms with van der Waals surface area (Å²) in [6, 6.07) is 15.4. The highest BCUT2D eigenvalue weighted by atomic mass is 31.1. The topological polar surface area (TPSA) is 12.4 Å². The third-order valence-corrected chi connectivity index (χ3v) is 7.59. The third-order valence-electron chi connectivity index (χ3n) is 5.77. The van der Waals surface area contributed by atoms with Crippen LogP contribution < -0.4 is 0 Å². The summed E-state index contributed by atoms with van der Waals surface area (Å²) in [5.74, 6) is 1.22. The first-order valence-electron chi connectivity index (χ1n) is 10.4. The Bertz CT molecular complexity index is 777. The van der Waals surface area contributed by atoms with Crippen LogP contribution in [0.2, 0.25) is 0 Å². The molecule has 0 N–H and O–H groups in total. The van der Waals surface area contributed by atoms with Crippen molar-refractivity contribution in [1.82, 2.24) is 0 Å². The highest BCUT2D eigenvalue weighted by molar-refractivity contribution is 7.60. The zero-order chi connectivity index (χ0) is 19.8. The molecule has 0 amide bonds. The first-order valence-corrected chi connectivity index (χ1v) is 12.2. The van der Waals surface area contributed by atoms with E-state index < -0.39 is 8.07 Å². The van der Waals surface area contributed by atoms with Gasteiger partial charge in [-0.05, 0) is 53.0 Å². The van der Waals surface area contributed by atoms with Crippen LogP contribution in [0.3, 0.4) is 0 Å². The van der Waals surface area contributed by atoms with Gasteiger partial charge in [-0.25, -0.2) is 0 Å². The quantitative estimate of drug-likeness (QED) is 0.280. The Kier molecular flexibility index (Phi) is 10.7. The second kappa shape index (κ2) is 12.2. The molecule has 0 aliphatic carbocycles. The van der Waals surface area contributed by atoms with Crippen LogP contribution in [0, 0.1) is 11.8 Å². The van der Waals surface area contributed by atoms with Crippen LogP contribution >= 0.6 is 8.07 Å². The molecule has 28 heavy (non-hydrogen) atoms. The number of nitrogens with zero attached hydrogens (tertiary/aromatic N) is 1. The van der Waals surface area contributed by atoms with Crippen molar-refractivity contribution in [3.8, 4) is 0 Å². The van der Waals surface area contributed by atoms with Crippen molar-refractivity contribution >= 4 is 24.6 Å². The van der Waals surface area contributed by atoms with E-state index in [0.717, 1.165) is 12.8 Å². The lowest BCUT2D eigenvalue weighted by molar-refractivity contribution is 0.441. The number of hydrogen-bond donors (Lipinski definition) is 0. The maximum Gasteiger partial charge on any atom is 0.0390 e. The molecule has 0 spiro atoms. The standard InChI is InChI=1S/C25H36NP.CH4/c1-7-9-14-25(26-27(6)21(5)20(4)19(3)8-2)18-22-15-16-23-12-10-11-13-24(23)17-22;/h10-13,15-17,19-20H,5,7-9,14,18H2,1-4,6H3;1H4/b26-25+;. The fourth-order valence-electron chi connectivity index (χ4n) is 3.39. The number of rotatable bonds is 10. The molecule has 3 atom stereocenters. The lowest BCUT2D eigenvalue weighted by Crippen LogP contribution is -2.09. The number of fused-ring (bicyclic) bond motifs is 1. The van der Waals surface area contributed by atoms with Crippen LogP contribution in [0.4, 0.5) is 0 Å². The summed E-state index contributed by atoms with van der Waals surface area (Å²) >= 11 is 0. The Morgan fingerprint density at radius 1 is 1.07 bits per heavy atom. The first kappa shape index (κ1) is 24.6. The molecule has 2 aromatic carbocycles. The van der Waals surface area contributed by atoms with Crippen molar-refractivity contribution in [3.05, 3.63) is 59.9 Å². The molecule has 0 aromatic heterocycles. The van der Waals surface area contributed by atoms with Crippen LogP contribution in [0.1, 0.15) is 66.4 Å². The number of benzene rings is 2.